The third-order valence-electron chi connectivity index (χ3n) is 4.76. The van der Waals surface area contributed by atoms with Crippen molar-refractivity contribution in [3.05, 3.63) is 112 Å². The maximum absolute atomic E-state index is 13.4. The Kier molecular flexibility index (Phi) is 4.22. The summed E-state index contributed by atoms with van der Waals surface area (Å²) in [6, 6.07) is 27.6. The van der Waals surface area contributed by atoms with Gasteiger partial charge in [0.15, 0.2) is 0 Å². The average Bonchev–Trinajstić information content (AvgIpc) is 2.67. The fourth-order valence-electron chi connectivity index (χ4n) is 3.55. The summed E-state index contributed by atoms with van der Waals surface area (Å²) in [5, 5.41) is 1.56. The lowest BCUT2D eigenvalue weighted by Crippen LogP contribution is -2.29. The second-order valence-electron chi connectivity index (χ2n) is 6.53. The molecule has 0 aliphatic rings. The number of pyridine rings is 1. The van der Waals surface area contributed by atoms with Gasteiger partial charge in [0.1, 0.15) is 7.85 Å². The van der Waals surface area contributed by atoms with Gasteiger partial charge >= 0.3 is 0 Å². The first-order chi connectivity index (χ1) is 12.6. The van der Waals surface area contributed by atoms with E-state index >= 15 is 0 Å². The van der Waals surface area contributed by atoms with E-state index in [1.165, 1.54) is 0 Å². The molecule has 3 aromatic carbocycles. The van der Waals surface area contributed by atoms with Crippen molar-refractivity contribution in [3.63, 3.8) is 0 Å². The first-order valence-electron chi connectivity index (χ1n) is 8.66. The van der Waals surface area contributed by atoms with Gasteiger partial charge in [0, 0.05) is 11.1 Å². The van der Waals surface area contributed by atoms with Crippen LogP contribution in [0.25, 0.3) is 10.8 Å². The highest BCUT2D eigenvalue weighted by molar-refractivity contribution is 6.33. The molecule has 0 unspecified atom stereocenters. The van der Waals surface area contributed by atoms with Gasteiger partial charge in [-0.2, -0.15) is 0 Å². The highest BCUT2D eigenvalue weighted by Gasteiger charge is 2.20. The second kappa shape index (κ2) is 6.68. The summed E-state index contributed by atoms with van der Waals surface area (Å²) in [6.07, 6.45) is 0. The van der Waals surface area contributed by atoms with E-state index in [0.29, 0.717) is 10.8 Å². The number of benzene rings is 3. The fraction of sp³-hybridized carbons (Fsp3) is 0.0870. The predicted octanol–water partition coefficient (Wildman–Crippen LogP) is 3.74. The molecule has 0 N–H and O–H groups in total. The molecule has 0 saturated heterocycles. The van der Waals surface area contributed by atoms with Gasteiger partial charge in [-0.3, -0.25) is 4.79 Å². The van der Waals surface area contributed by atoms with E-state index in [1.54, 1.807) is 6.07 Å². The molecule has 4 rings (SSSR count). The SMILES string of the molecule is [B]c1ccc2cc(C)n(C(c3ccccc3)c3ccccc3)c(=O)c2c1. The van der Waals surface area contributed by atoms with Crippen LogP contribution in [0, 0.1) is 6.92 Å². The second-order valence-corrected chi connectivity index (χ2v) is 6.53. The van der Waals surface area contributed by atoms with E-state index in [4.69, 9.17) is 7.85 Å². The zero-order chi connectivity index (χ0) is 18.1. The molecule has 0 spiro atoms. The summed E-state index contributed by atoms with van der Waals surface area (Å²) in [4.78, 5) is 13.4. The first-order valence-corrected chi connectivity index (χ1v) is 8.66. The summed E-state index contributed by atoms with van der Waals surface area (Å²) < 4.78 is 1.87. The van der Waals surface area contributed by atoms with E-state index in [1.807, 2.05) is 60.0 Å². The Balaban J connectivity index is 2.05. The maximum atomic E-state index is 13.4. The molecular formula is C23H18BNO. The third-order valence-corrected chi connectivity index (χ3v) is 4.76. The van der Waals surface area contributed by atoms with Crippen LogP contribution in [0.15, 0.2) is 89.7 Å². The molecule has 1 heterocycles. The van der Waals surface area contributed by atoms with Gasteiger partial charge in [0.2, 0.25) is 0 Å². The Morgan fingerprint density at radius 2 is 1.38 bits per heavy atom. The van der Waals surface area contributed by atoms with Crippen LogP contribution in [0.4, 0.5) is 0 Å². The van der Waals surface area contributed by atoms with Gasteiger partial charge in [0.25, 0.3) is 5.56 Å². The molecule has 124 valence electrons. The molecular weight excluding hydrogens is 317 g/mol. The lowest BCUT2D eigenvalue weighted by atomic mass is 9.93. The smallest absolute Gasteiger partial charge is 0.259 e. The average molecular weight is 335 g/mol. The minimum Gasteiger partial charge on any atom is -0.301 e. The van der Waals surface area contributed by atoms with E-state index in [9.17, 15) is 4.79 Å². The first kappa shape index (κ1) is 16.4. The van der Waals surface area contributed by atoms with Crippen LogP contribution in [0.2, 0.25) is 0 Å². The number of hydrogen-bond donors (Lipinski definition) is 0. The van der Waals surface area contributed by atoms with Crippen LogP contribution in [0.3, 0.4) is 0 Å². The topological polar surface area (TPSA) is 22.0 Å². The summed E-state index contributed by atoms with van der Waals surface area (Å²) in [7, 11) is 5.93. The highest BCUT2D eigenvalue weighted by atomic mass is 16.1. The normalized spacial score (nSPS) is 11.2. The van der Waals surface area contributed by atoms with Crippen molar-refractivity contribution >= 4 is 24.1 Å². The minimum atomic E-state index is -0.185. The number of nitrogens with zero attached hydrogens (tertiary/aromatic N) is 1. The predicted molar refractivity (Wildman–Crippen MR) is 108 cm³/mol. The molecule has 3 heteroatoms. The number of aryl methyl sites for hydroxylation is 1. The molecule has 26 heavy (non-hydrogen) atoms. The van der Waals surface area contributed by atoms with Crippen LogP contribution in [-0.2, 0) is 0 Å². The standard InChI is InChI=1S/C23H18BNO/c1-16-14-19-12-13-20(24)15-21(19)23(26)25(16)22(17-8-4-2-5-9-17)18-10-6-3-7-11-18/h2-15,22H,1H3. The van der Waals surface area contributed by atoms with Gasteiger partial charge in [0.05, 0.1) is 6.04 Å². The molecule has 0 aliphatic carbocycles. The van der Waals surface area contributed by atoms with E-state index in [-0.39, 0.29) is 11.6 Å². The largest absolute Gasteiger partial charge is 0.301 e. The van der Waals surface area contributed by atoms with Crippen molar-refractivity contribution < 1.29 is 0 Å². The minimum absolute atomic E-state index is 0.0231. The summed E-state index contributed by atoms with van der Waals surface area (Å²) in [5.41, 5.74) is 3.65. The molecule has 2 nitrogen and oxygen atoms in total. The van der Waals surface area contributed by atoms with Crippen molar-refractivity contribution in [1.29, 1.82) is 0 Å². The summed E-state index contributed by atoms with van der Waals surface area (Å²) in [5.74, 6) is 0. The van der Waals surface area contributed by atoms with Crippen LogP contribution in [-0.4, -0.2) is 12.4 Å². The van der Waals surface area contributed by atoms with Gasteiger partial charge in [-0.1, -0.05) is 84.3 Å². The fourth-order valence-corrected chi connectivity index (χ4v) is 3.55. The van der Waals surface area contributed by atoms with Crippen molar-refractivity contribution in [2.24, 2.45) is 0 Å². The van der Waals surface area contributed by atoms with Crippen LogP contribution in [0.1, 0.15) is 22.9 Å². The van der Waals surface area contributed by atoms with Gasteiger partial charge in [-0.05, 0) is 29.5 Å². The van der Waals surface area contributed by atoms with Crippen LogP contribution < -0.4 is 11.0 Å². The zero-order valence-corrected chi connectivity index (χ0v) is 14.6. The van der Waals surface area contributed by atoms with Gasteiger partial charge in [-0.15, -0.1) is 0 Å². The Morgan fingerprint density at radius 3 is 1.96 bits per heavy atom. The summed E-state index contributed by atoms with van der Waals surface area (Å²) in [6.45, 7) is 1.98. The zero-order valence-electron chi connectivity index (χ0n) is 14.6. The molecule has 0 fully saturated rings. The molecule has 0 aliphatic heterocycles. The Morgan fingerprint density at radius 1 is 0.808 bits per heavy atom. The lowest BCUT2D eigenvalue weighted by molar-refractivity contribution is 0.636. The molecule has 4 aromatic rings. The number of rotatable bonds is 3. The van der Waals surface area contributed by atoms with Crippen molar-refractivity contribution in [1.82, 2.24) is 4.57 Å². The lowest BCUT2D eigenvalue weighted by Gasteiger charge is -2.24. The monoisotopic (exact) mass is 335 g/mol. The summed E-state index contributed by atoms with van der Waals surface area (Å²) >= 11 is 0. The van der Waals surface area contributed by atoms with Crippen molar-refractivity contribution in [2.45, 2.75) is 13.0 Å². The van der Waals surface area contributed by atoms with Gasteiger partial charge in [-0.25, -0.2) is 0 Å². The Bertz CT molecular complexity index is 1080. The maximum Gasteiger partial charge on any atom is 0.259 e. The van der Waals surface area contributed by atoms with Crippen molar-refractivity contribution in [3.8, 4) is 0 Å². The number of hydrogen-bond acceptors (Lipinski definition) is 1. The van der Waals surface area contributed by atoms with Gasteiger partial charge < -0.3 is 4.57 Å². The Labute approximate surface area is 154 Å². The number of fused-ring (bicyclic) bond motifs is 1. The molecule has 0 atom stereocenters. The van der Waals surface area contributed by atoms with Crippen LogP contribution in [0.5, 0.6) is 0 Å². The van der Waals surface area contributed by atoms with E-state index < -0.39 is 0 Å². The third kappa shape index (κ3) is 2.86. The van der Waals surface area contributed by atoms with E-state index in [2.05, 4.69) is 30.3 Å². The molecule has 0 bridgehead atoms. The molecule has 2 radical (unpaired) electrons. The van der Waals surface area contributed by atoms with E-state index in [0.717, 1.165) is 22.2 Å². The molecule has 0 amide bonds. The molecule has 1 aromatic heterocycles. The molecule has 0 saturated carbocycles. The highest BCUT2D eigenvalue weighted by Crippen LogP contribution is 2.27. The van der Waals surface area contributed by atoms with Crippen LogP contribution >= 0.6 is 0 Å². The quantitative estimate of drug-likeness (QED) is 0.523. The number of aromatic nitrogens is 1. The Hall–Kier alpha value is -3.07. The van der Waals surface area contributed by atoms with Crippen molar-refractivity contribution in [2.75, 3.05) is 0 Å².